The SMILES string of the molecule is CC(C)C1CC(=O)N(CCNS)C1=O. The number of hydrogen-bond acceptors (Lipinski definition) is 4. The Bertz CT molecular complexity index is 243. The van der Waals surface area contributed by atoms with E-state index in [-0.39, 0.29) is 23.7 Å². The van der Waals surface area contributed by atoms with Crippen LogP contribution < -0.4 is 4.72 Å². The van der Waals surface area contributed by atoms with E-state index in [0.717, 1.165) is 0 Å². The average Bonchev–Trinajstić information content (AvgIpc) is 2.40. The van der Waals surface area contributed by atoms with Crippen LogP contribution in [0.2, 0.25) is 0 Å². The first kappa shape index (κ1) is 11.5. The molecule has 14 heavy (non-hydrogen) atoms. The number of carbonyl (C=O) groups is 2. The largest absolute Gasteiger partial charge is 0.281 e. The summed E-state index contributed by atoms with van der Waals surface area (Å²) in [5.41, 5.74) is 0. The summed E-state index contributed by atoms with van der Waals surface area (Å²) < 4.78 is 2.63. The number of nitrogens with zero attached hydrogens (tertiary/aromatic N) is 1. The van der Waals surface area contributed by atoms with Crippen LogP contribution in [0.15, 0.2) is 0 Å². The molecule has 0 bridgehead atoms. The molecule has 1 saturated heterocycles. The molecule has 1 aliphatic heterocycles. The molecule has 0 saturated carbocycles. The number of amides is 2. The van der Waals surface area contributed by atoms with E-state index < -0.39 is 0 Å². The van der Waals surface area contributed by atoms with E-state index in [0.29, 0.717) is 19.5 Å². The molecule has 1 unspecified atom stereocenters. The molecule has 0 aromatic carbocycles. The lowest BCUT2D eigenvalue weighted by Crippen LogP contribution is -2.35. The van der Waals surface area contributed by atoms with Crippen LogP contribution in [0, 0.1) is 11.8 Å². The predicted molar refractivity (Wildman–Crippen MR) is 56.7 cm³/mol. The third kappa shape index (κ3) is 2.27. The molecule has 0 spiro atoms. The van der Waals surface area contributed by atoms with Gasteiger partial charge in [-0.05, 0) is 5.92 Å². The molecule has 1 fully saturated rings. The van der Waals surface area contributed by atoms with Gasteiger partial charge in [0.05, 0.1) is 0 Å². The maximum absolute atomic E-state index is 11.7. The van der Waals surface area contributed by atoms with E-state index in [9.17, 15) is 9.59 Å². The Morgan fingerprint density at radius 3 is 2.64 bits per heavy atom. The van der Waals surface area contributed by atoms with Gasteiger partial charge in [0.25, 0.3) is 0 Å². The smallest absolute Gasteiger partial charge is 0.233 e. The van der Waals surface area contributed by atoms with Crippen molar-refractivity contribution in [1.29, 1.82) is 0 Å². The lowest BCUT2D eigenvalue weighted by atomic mass is 9.94. The van der Waals surface area contributed by atoms with Gasteiger partial charge in [-0.25, -0.2) is 0 Å². The zero-order valence-electron chi connectivity index (χ0n) is 8.49. The molecule has 1 atom stereocenters. The van der Waals surface area contributed by atoms with Crippen LogP contribution in [-0.4, -0.2) is 29.8 Å². The standard InChI is InChI=1S/C9H16N2O2S/c1-6(2)7-5-8(12)11(9(7)13)4-3-10-14/h6-7,10,14H,3-5H2,1-2H3. The molecule has 0 aliphatic carbocycles. The Labute approximate surface area is 89.6 Å². The van der Waals surface area contributed by atoms with Crippen LogP contribution in [0.25, 0.3) is 0 Å². The first-order chi connectivity index (χ1) is 6.57. The Morgan fingerprint density at radius 1 is 1.57 bits per heavy atom. The van der Waals surface area contributed by atoms with Crippen molar-refractivity contribution in [3.63, 3.8) is 0 Å². The topological polar surface area (TPSA) is 49.4 Å². The number of nitrogens with one attached hydrogen (secondary N) is 1. The van der Waals surface area contributed by atoms with E-state index in [1.807, 2.05) is 13.8 Å². The summed E-state index contributed by atoms with van der Waals surface area (Å²) in [5.74, 6) is 0.0219. The Morgan fingerprint density at radius 2 is 2.21 bits per heavy atom. The normalized spacial score (nSPS) is 22.6. The van der Waals surface area contributed by atoms with Crippen molar-refractivity contribution < 1.29 is 9.59 Å². The number of thiol groups is 1. The molecule has 1 rings (SSSR count). The molecule has 4 nitrogen and oxygen atoms in total. The lowest BCUT2D eigenvalue weighted by Gasteiger charge is -2.15. The van der Waals surface area contributed by atoms with Crippen LogP contribution in [0.1, 0.15) is 20.3 Å². The fourth-order valence-electron chi connectivity index (χ4n) is 1.63. The molecule has 0 aromatic heterocycles. The first-order valence-corrected chi connectivity index (χ1v) is 5.23. The van der Waals surface area contributed by atoms with Crippen molar-refractivity contribution in [1.82, 2.24) is 9.62 Å². The second kappa shape index (κ2) is 4.79. The summed E-state index contributed by atoms with van der Waals surface area (Å²) in [4.78, 5) is 24.5. The van der Waals surface area contributed by atoms with Crippen molar-refractivity contribution in [3.05, 3.63) is 0 Å². The Hall–Kier alpha value is -0.550. The van der Waals surface area contributed by atoms with Gasteiger partial charge in [0.1, 0.15) is 0 Å². The van der Waals surface area contributed by atoms with Gasteiger partial charge in [0, 0.05) is 25.4 Å². The number of rotatable bonds is 4. The number of carbonyl (C=O) groups excluding carboxylic acids is 2. The third-order valence-electron chi connectivity index (χ3n) is 2.53. The van der Waals surface area contributed by atoms with Crippen LogP contribution in [0.3, 0.4) is 0 Å². The van der Waals surface area contributed by atoms with Gasteiger partial charge in [0.15, 0.2) is 0 Å². The van der Waals surface area contributed by atoms with E-state index in [2.05, 4.69) is 17.5 Å². The highest BCUT2D eigenvalue weighted by atomic mass is 32.1. The third-order valence-corrected chi connectivity index (χ3v) is 2.75. The number of likely N-dealkylation sites (tertiary alicyclic amines) is 1. The number of hydrogen-bond donors (Lipinski definition) is 2. The highest BCUT2D eigenvalue weighted by Crippen LogP contribution is 2.25. The molecular weight excluding hydrogens is 200 g/mol. The van der Waals surface area contributed by atoms with E-state index >= 15 is 0 Å². The quantitative estimate of drug-likeness (QED) is 0.530. The monoisotopic (exact) mass is 216 g/mol. The van der Waals surface area contributed by atoms with Crippen LogP contribution in [0.4, 0.5) is 0 Å². The van der Waals surface area contributed by atoms with E-state index in [1.54, 1.807) is 0 Å². The number of imide groups is 1. The molecule has 0 radical (unpaired) electrons. The fraction of sp³-hybridized carbons (Fsp3) is 0.778. The highest BCUT2D eigenvalue weighted by molar-refractivity contribution is 7.78. The molecule has 0 aromatic rings. The molecule has 1 heterocycles. The zero-order valence-corrected chi connectivity index (χ0v) is 9.38. The average molecular weight is 216 g/mol. The highest BCUT2D eigenvalue weighted by Gasteiger charge is 2.39. The van der Waals surface area contributed by atoms with Gasteiger partial charge in [0.2, 0.25) is 11.8 Å². The van der Waals surface area contributed by atoms with Crippen LogP contribution in [0.5, 0.6) is 0 Å². The summed E-state index contributed by atoms with van der Waals surface area (Å²) in [5, 5.41) is 0. The van der Waals surface area contributed by atoms with Gasteiger partial charge in [-0.15, -0.1) is 0 Å². The molecular formula is C9H16N2O2S. The predicted octanol–water partition coefficient (Wildman–Crippen LogP) is 0.452. The van der Waals surface area contributed by atoms with E-state index in [1.165, 1.54) is 4.90 Å². The lowest BCUT2D eigenvalue weighted by molar-refractivity contribution is -0.139. The minimum absolute atomic E-state index is 0.0337. The minimum atomic E-state index is -0.123. The molecule has 1 N–H and O–H groups in total. The second-order valence-corrected chi connectivity index (χ2v) is 4.16. The van der Waals surface area contributed by atoms with Gasteiger partial charge in [-0.1, -0.05) is 26.7 Å². The molecule has 80 valence electrons. The van der Waals surface area contributed by atoms with Gasteiger partial charge < -0.3 is 0 Å². The summed E-state index contributed by atoms with van der Waals surface area (Å²) >= 11 is 3.82. The summed E-state index contributed by atoms with van der Waals surface area (Å²) in [6.07, 6.45) is 0.364. The minimum Gasteiger partial charge on any atom is -0.281 e. The Kier molecular flexibility index (Phi) is 3.95. The van der Waals surface area contributed by atoms with Crippen molar-refractivity contribution in [2.45, 2.75) is 20.3 Å². The van der Waals surface area contributed by atoms with Crippen molar-refractivity contribution in [2.75, 3.05) is 13.1 Å². The fourth-order valence-corrected chi connectivity index (χ4v) is 1.73. The maximum atomic E-state index is 11.7. The second-order valence-electron chi connectivity index (χ2n) is 3.85. The van der Waals surface area contributed by atoms with Gasteiger partial charge >= 0.3 is 0 Å². The van der Waals surface area contributed by atoms with Gasteiger partial charge in [-0.2, -0.15) is 0 Å². The van der Waals surface area contributed by atoms with Gasteiger partial charge in [-0.3, -0.25) is 19.2 Å². The molecule has 5 heteroatoms. The van der Waals surface area contributed by atoms with Crippen molar-refractivity contribution in [3.8, 4) is 0 Å². The molecule has 1 aliphatic rings. The van der Waals surface area contributed by atoms with Crippen molar-refractivity contribution in [2.24, 2.45) is 11.8 Å². The zero-order chi connectivity index (χ0) is 10.7. The first-order valence-electron chi connectivity index (χ1n) is 4.79. The van der Waals surface area contributed by atoms with E-state index in [4.69, 9.17) is 0 Å². The molecule has 2 amide bonds. The van der Waals surface area contributed by atoms with Crippen LogP contribution >= 0.6 is 12.8 Å². The van der Waals surface area contributed by atoms with Crippen molar-refractivity contribution >= 4 is 24.6 Å². The Balaban J connectivity index is 2.61. The maximum Gasteiger partial charge on any atom is 0.233 e. The summed E-state index contributed by atoms with van der Waals surface area (Å²) in [6, 6.07) is 0. The summed E-state index contributed by atoms with van der Waals surface area (Å²) in [6.45, 7) is 4.89. The summed E-state index contributed by atoms with van der Waals surface area (Å²) in [7, 11) is 0. The van der Waals surface area contributed by atoms with Crippen LogP contribution in [-0.2, 0) is 9.59 Å².